The topological polar surface area (TPSA) is 32.3 Å². The first kappa shape index (κ1) is 14.9. The average Bonchev–Trinajstić information content (AvgIpc) is 3.31. The fourth-order valence-corrected chi connectivity index (χ4v) is 3.31. The molecule has 1 N–H and O–H groups in total. The molecule has 0 unspecified atom stereocenters. The molecule has 1 saturated carbocycles. The van der Waals surface area contributed by atoms with Gasteiger partial charge >= 0.3 is 0 Å². The minimum Gasteiger partial charge on any atom is -0.353 e. The molecule has 1 aromatic rings. The Balaban J connectivity index is 1.38. The number of carbonyl (C=O) groups is 1. The van der Waals surface area contributed by atoms with Gasteiger partial charge in [-0.1, -0.05) is 23.7 Å². The number of nitrogens with zero attached hydrogens (tertiary/aromatic N) is 1. The first-order valence-corrected chi connectivity index (χ1v) is 8.36. The van der Waals surface area contributed by atoms with Gasteiger partial charge in [0.15, 0.2) is 0 Å². The van der Waals surface area contributed by atoms with Gasteiger partial charge < -0.3 is 10.2 Å². The highest BCUT2D eigenvalue weighted by molar-refractivity contribution is 6.30. The molecule has 4 heteroatoms. The quantitative estimate of drug-likeness (QED) is 0.907. The summed E-state index contributed by atoms with van der Waals surface area (Å²) in [5.74, 6) is 0.167. The summed E-state index contributed by atoms with van der Waals surface area (Å²) in [5, 5.41) is 3.92. The van der Waals surface area contributed by atoms with Crippen LogP contribution in [0.1, 0.15) is 37.7 Å². The number of likely N-dealkylation sites (tertiary alicyclic amines) is 1. The summed E-state index contributed by atoms with van der Waals surface area (Å²) in [4.78, 5) is 14.6. The molecule has 1 aromatic carbocycles. The van der Waals surface area contributed by atoms with Crippen molar-refractivity contribution in [2.45, 2.75) is 50.6 Å². The van der Waals surface area contributed by atoms with Crippen LogP contribution in [0.2, 0.25) is 5.02 Å². The molecule has 3 rings (SSSR count). The molecule has 1 heterocycles. The zero-order chi connectivity index (χ0) is 14.7. The maximum Gasteiger partial charge on any atom is 0.220 e. The van der Waals surface area contributed by atoms with Gasteiger partial charge in [0.25, 0.3) is 0 Å². The average molecular weight is 307 g/mol. The van der Waals surface area contributed by atoms with Crippen LogP contribution in [0.15, 0.2) is 24.3 Å². The SMILES string of the molecule is O=C(CCc1cccc(Cl)c1)NC1CCN(C2CC2)CC1. The van der Waals surface area contributed by atoms with Gasteiger partial charge in [-0.3, -0.25) is 4.79 Å². The van der Waals surface area contributed by atoms with E-state index in [0.29, 0.717) is 12.5 Å². The number of amides is 1. The maximum atomic E-state index is 12.0. The van der Waals surface area contributed by atoms with Crippen molar-refractivity contribution in [2.75, 3.05) is 13.1 Å². The Morgan fingerprint density at radius 2 is 2.00 bits per heavy atom. The number of hydrogen-bond acceptors (Lipinski definition) is 2. The van der Waals surface area contributed by atoms with Crippen LogP contribution in [0.25, 0.3) is 0 Å². The van der Waals surface area contributed by atoms with E-state index in [4.69, 9.17) is 11.6 Å². The molecule has 3 nitrogen and oxygen atoms in total. The van der Waals surface area contributed by atoms with Gasteiger partial charge in [0, 0.05) is 36.6 Å². The van der Waals surface area contributed by atoms with E-state index in [1.807, 2.05) is 24.3 Å². The van der Waals surface area contributed by atoms with Crippen molar-refractivity contribution in [1.29, 1.82) is 0 Å². The van der Waals surface area contributed by atoms with Crippen LogP contribution >= 0.6 is 11.6 Å². The second-order valence-electron chi connectivity index (χ2n) is 6.24. The summed E-state index contributed by atoms with van der Waals surface area (Å²) >= 11 is 5.95. The fourth-order valence-electron chi connectivity index (χ4n) is 3.10. The summed E-state index contributed by atoms with van der Waals surface area (Å²) in [6, 6.07) is 8.97. The third-order valence-corrected chi connectivity index (χ3v) is 4.72. The predicted molar refractivity (Wildman–Crippen MR) is 85.5 cm³/mol. The van der Waals surface area contributed by atoms with Crippen LogP contribution in [-0.2, 0) is 11.2 Å². The van der Waals surface area contributed by atoms with Crippen molar-refractivity contribution in [3.8, 4) is 0 Å². The summed E-state index contributed by atoms with van der Waals surface area (Å²) < 4.78 is 0. The van der Waals surface area contributed by atoms with Crippen LogP contribution in [0.4, 0.5) is 0 Å². The molecule has 21 heavy (non-hydrogen) atoms. The summed E-state index contributed by atoms with van der Waals surface area (Å²) in [6.07, 6.45) is 6.24. The van der Waals surface area contributed by atoms with Crippen LogP contribution < -0.4 is 5.32 Å². The molecular weight excluding hydrogens is 284 g/mol. The highest BCUT2D eigenvalue weighted by Gasteiger charge is 2.31. The Hall–Kier alpha value is -1.06. The predicted octanol–water partition coefficient (Wildman–Crippen LogP) is 3.02. The monoisotopic (exact) mass is 306 g/mol. The van der Waals surface area contributed by atoms with Gasteiger partial charge in [-0.05, 0) is 49.8 Å². The second-order valence-corrected chi connectivity index (χ2v) is 6.68. The molecule has 0 radical (unpaired) electrons. The van der Waals surface area contributed by atoms with Gasteiger partial charge in [0.1, 0.15) is 0 Å². The standard InChI is InChI=1S/C17H23ClN2O/c18-14-3-1-2-13(12-14)4-7-17(21)19-15-8-10-20(11-9-15)16-5-6-16/h1-3,12,15-16H,4-11H2,(H,19,21). The van der Waals surface area contributed by atoms with Crippen LogP contribution in [-0.4, -0.2) is 36.0 Å². The molecule has 0 bridgehead atoms. The molecular formula is C17H23ClN2O. The fraction of sp³-hybridized carbons (Fsp3) is 0.588. The van der Waals surface area contributed by atoms with Crippen molar-refractivity contribution in [3.63, 3.8) is 0 Å². The first-order valence-electron chi connectivity index (χ1n) is 7.98. The van der Waals surface area contributed by atoms with Gasteiger partial charge in [-0.25, -0.2) is 0 Å². The molecule has 0 atom stereocenters. The third-order valence-electron chi connectivity index (χ3n) is 4.49. The Morgan fingerprint density at radius 3 is 2.67 bits per heavy atom. The number of nitrogens with one attached hydrogen (secondary N) is 1. The van der Waals surface area contributed by atoms with E-state index in [1.165, 1.54) is 12.8 Å². The number of aryl methyl sites for hydroxylation is 1. The molecule has 114 valence electrons. The van der Waals surface area contributed by atoms with Crippen molar-refractivity contribution < 1.29 is 4.79 Å². The van der Waals surface area contributed by atoms with E-state index < -0.39 is 0 Å². The normalized spacial score (nSPS) is 20.4. The van der Waals surface area contributed by atoms with E-state index in [9.17, 15) is 4.79 Å². The lowest BCUT2D eigenvalue weighted by atomic mass is 10.0. The van der Waals surface area contributed by atoms with E-state index in [-0.39, 0.29) is 5.91 Å². The molecule has 0 spiro atoms. The van der Waals surface area contributed by atoms with E-state index in [0.717, 1.165) is 49.0 Å². The molecule has 0 aromatic heterocycles. The highest BCUT2D eigenvalue weighted by Crippen LogP contribution is 2.29. The highest BCUT2D eigenvalue weighted by atomic mass is 35.5. The Kier molecular flexibility index (Phi) is 4.81. The third kappa shape index (κ3) is 4.45. The minimum atomic E-state index is 0.167. The van der Waals surface area contributed by atoms with Gasteiger partial charge in [0.2, 0.25) is 5.91 Å². The first-order chi connectivity index (χ1) is 10.2. The van der Waals surface area contributed by atoms with Crippen LogP contribution in [0, 0.1) is 0 Å². The van der Waals surface area contributed by atoms with Crippen LogP contribution in [0.3, 0.4) is 0 Å². The maximum absolute atomic E-state index is 12.0. The molecule has 2 aliphatic rings. The number of halogens is 1. The zero-order valence-corrected chi connectivity index (χ0v) is 13.1. The van der Waals surface area contributed by atoms with Gasteiger partial charge in [-0.15, -0.1) is 0 Å². The Morgan fingerprint density at radius 1 is 1.24 bits per heavy atom. The second kappa shape index (κ2) is 6.80. The molecule has 2 fully saturated rings. The molecule has 1 aliphatic heterocycles. The van der Waals surface area contributed by atoms with Gasteiger partial charge in [-0.2, -0.15) is 0 Å². The summed E-state index contributed by atoms with van der Waals surface area (Å²) in [7, 11) is 0. The lowest BCUT2D eigenvalue weighted by Gasteiger charge is -2.32. The lowest BCUT2D eigenvalue weighted by Crippen LogP contribution is -2.45. The number of benzene rings is 1. The Bertz CT molecular complexity index is 493. The number of rotatable bonds is 5. The van der Waals surface area contributed by atoms with E-state index in [2.05, 4.69) is 10.2 Å². The lowest BCUT2D eigenvalue weighted by molar-refractivity contribution is -0.122. The van der Waals surface area contributed by atoms with Crippen LogP contribution in [0.5, 0.6) is 0 Å². The molecule has 1 saturated heterocycles. The largest absolute Gasteiger partial charge is 0.353 e. The summed E-state index contributed by atoms with van der Waals surface area (Å²) in [6.45, 7) is 2.29. The van der Waals surface area contributed by atoms with E-state index in [1.54, 1.807) is 0 Å². The van der Waals surface area contributed by atoms with E-state index >= 15 is 0 Å². The van der Waals surface area contributed by atoms with Gasteiger partial charge in [0.05, 0.1) is 0 Å². The molecule has 1 amide bonds. The van der Waals surface area contributed by atoms with Crippen molar-refractivity contribution in [2.24, 2.45) is 0 Å². The zero-order valence-electron chi connectivity index (χ0n) is 12.4. The number of carbonyl (C=O) groups excluding carboxylic acids is 1. The van der Waals surface area contributed by atoms with Crippen molar-refractivity contribution >= 4 is 17.5 Å². The van der Waals surface area contributed by atoms with Crippen molar-refractivity contribution in [3.05, 3.63) is 34.9 Å². The smallest absolute Gasteiger partial charge is 0.220 e. The summed E-state index contributed by atoms with van der Waals surface area (Å²) in [5.41, 5.74) is 1.13. The van der Waals surface area contributed by atoms with Crippen molar-refractivity contribution in [1.82, 2.24) is 10.2 Å². The number of piperidine rings is 1. The Labute approximate surface area is 131 Å². The molecule has 1 aliphatic carbocycles. The number of hydrogen-bond donors (Lipinski definition) is 1. The minimum absolute atomic E-state index is 0.167.